The molecule has 0 saturated carbocycles. The van der Waals surface area contributed by atoms with Crippen LogP contribution in [0.2, 0.25) is 0 Å². The number of carbonyl (C=O) groups is 1. The number of carbonyl (C=O) groups excluding carboxylic acids is 1. The van der Waals surface area contributed by atoms with Crippen molar-refractivity contribution in [3.63, 3.8) is 0 Å². The fourth-order valence-corrected chi connectivity index (χ4v) is 2.20. The van der Waals surface area contributed by atoms with E-state index in [4.69, 9.17) is 0 Å². The molecule has 2 amide bonds. The molecule has 0 radical (unpaired) electrons. The first kappa shape index (κ1) is 14.8. The molecule has 3 rings (SSSR count). The third kappa shape index (κ3) is 4.20. The molecule has 1 heterocycles. The zero-order valence-electron chi connectivity index (χ0n) is 12.6. The highest BCUT2D eigenvalue weighted by Gasteiger charge is 2.03. The SMILES string of the molecule is O=C(NCc1ccccc1)NCc1cnn(-c2ccccc2)c1. The third-order valence-corrected chi connectivity index (χ3v) is 3.41. The standard InChI is InChI=1S/C18H18N4O/c23-18(19-11-15-7-3-1-4-8-15)20-12-16-13-21-22(14-16)17-9-5-2-6-10-17/h1-10,13-14H,11-12H2,(H2,19,20,23). The van der Waals surface area contributed by atoms with Gasteiger partial charge in [-0.05, 0) is 17.7 Å². The van der Waals surface area contributed by atoms with Gasteiger partial charge in [0.25, 0.3) is 0 Å². The predicted molar refractivity (Wildman–Crippen MR) is 89.1 cm³/mol. The van der Waals surface area contributed by atoms with Crippen molar-refractivity contribution in [1.82, 2.24) is 20.4 Å². The fourth-order valence-electron chi connectivity index (χ4n) is 2.20. The van der Waals surface area contributed by atoms with E-state index in [2.05, 4.69) is 15.7 Å². The Kier molecular flexibility index (Phi) is 4.69. The van der Waals surface area contributed by atoms with Crippen LogP contribution in [0.5, 0.6) is 0 Å². The van der Waals surface area contributed by atoms with Gasteiger partial charge in [0, 0.05) is 24.8 Å². The molecule has 0 atom stereocenters. The first-order valence-electron chi connectivity index (χ1n) is 7.46. The molecule has 0 spiro atoms. The van der Waals surface area contributed by atoms with Gasteiger partial charge in [-0.3, -0.25) is 0 Å². The molecular weight excluding hydrogens is 288 g/mol. The Morgan fingerprint density at radius 2 is 1.48 bits per heavy atom. The number of rotatable bonds is 5. The summed E-state index contributed by atoms with van der Waals surface area (Å²) in [5.41, 5.74) is 3.01. The minimum Gasteiger partial charge on any atom is -0.334 e. The van der Waals surface area contributed by atoms with Crippen molar-refractivity contribution in [3.05, 3.63) is 84.2 Å². The zero-order valence-corrected chi connectivity index (χ0v) is 12.6. The molecular formula is C18H18N4O. The molecule has 2 N–H and O–H groups in total. The molecule has 0 bridgehead atoms. The smallest absolute Gasteiger partial charge is 0.315 e. The quantitative estimate of drug-likeness (QED) is 0.761. The van der Waals surface area contributed by atoms with Crippen LogP contribution in [0.15, 0.2) is 73.1 Å². The maximum Gasteiger partial charge on any atom is 0.315 e. The second-order valence-electron chi connectivity index (χ2n) is 5.15. The van der Waals surface area contributed by atoms with Crippen LogP contribution < -0.4 is 10.6 Å². The average Bonchev–Trinajstić information content (AvgIpc) is 3.09. The first-order valence-corrected chi connectivity index (χ1v) is 7.46. The molecule has 0 fully saturated rings. The highest BCUT2D eigenvalue weighted by Crippen LogP contribution is 2.07. The van der Waals surface area contributed by atoms with Crippen molar-refractivity contribution in [1.29, 1.82) is 0 Å². The highest BCUT2D eigenvalue weighted by atomic mass is 16.2. The molecule has 0 aliphatic carbocycles. The number of hydrogen-bond acceptors (Lipinski definition) is 2. The average molecular weight is 306 g/mol. The minimum absolute atomic E-state index is 0.193. The normalized spacial score (nSPS) is 10.3. The Balaban J connectivity index is 1.49. The van der Waals surface area contributed by atoms with E-state index in [-0.39, 0.29) is 6.03 Å². The van der Waals surface area contributed by atoms with Crippen LogP contribution >= 0.6 is 0 Å². The van der Waals surface area contributed by atoms with E-state index in [0.717, 1.165) is 16.8 Å². The first-order chi connectivity index (χ1) is 11.3. The molecule has 5 heteroatoms. The minimum atomic E-state index is -0.193. The van der Waals surface area contributed by atoms with Gasteiger partial charge in [-0.2, -0.15) is 5.10 Å². The van der Waals surface area contributed by atoms with Crippen molar-refractivity contribution < 1.29 is 4.79 Å². The van der Waals surface area contributed by atoms with Crippen molar-refractivity contribution in [3.8, 4) is 5.69 Å². The molecule has 116 valence electrons. The summed E-state index contributed by atoms with van der Waals surface area (Å²) in [6.07, 6.45) is 3.66. The summed E-state index contributed by atoms with van der Waals surface area (Å²) in [6.45, 7) is 0.948. The van der Waals surface area contributed by atoms with Gasteiger partial charge in [0.15, 0.2) is 0 Å². The van der Waals surface area contributed by atoms with Gasteiger partial charge in [0.2, 0.25) is 0 Å². The number of para-hydroxylation sites is 1. The lowest BCUT2D eigenvalue weighted by molar-refractivity contribution is 0.240. The Morgan fingerprint density at radius 3 is 2.17 bits per heavy atom. The highest BCUT2D eigenvalue weighted by molar-refractivity contribution is 5.73. The van der Waals surface area contributed by atoms with E-state index in [9.17, 15) is 4.79 Å². The van der Waals surface area contributed by atoms with E-state index in [0.29, 0.717) is 13.1 Å². The summed E-state index contributed by atoms with van der Waals surface area (Å²) in [5.74, 6) is 0. The van der Waals surface area contributed by atoms with Crippen molar-refractivity contribution in [2.45, 2.75) is 13.1 Å². The number of benzene rings is 2. The number of urea groups is 1. The number of nitrogens with one attached hydrogen (secondary N) is 2. The lowest BCUT2D eigenvalue weighted by Crippen LogP contribution is -2.34. The van der Waals surface area contributed by atoms with Crippen molar-refractivity contribution in [2.24, 2.45) is 0 Å². The summed E-state index contributed by atoms with van der Waals surface area (Å²) in [4.78, 5) is 11.8. The second kappa shape index (κ2) is 7.26. The second-order valence-corrected chi connectivity index (χ2v) is 5.15. The molecule has 23 heavy (non-hydrogen) atoms. The monoisotopic (exact) mass is 306 g/mol. The molecule has 3 aromatic rings. The summed E-state index contributed by atoms with van der Waals surface area (Å²) in [6, 6.07) is 19.5. The van der Waals surface area contributed by atoms with E-state index in [1.165, 1.54) is 0 Å². The molecule has 5 nitrogen and oxygen atoms in total. The Labute approximate surface area is 135 Å². The molecule has 0 unspecified atom stereocenters. The molecule has 0 saturated heterocycles. The number of amides is 2. The predicted octanol–water partition coefficient (Wildman–Crippen LogP) is 2.87. The van der Waals surface area contributed by atoms with Gasteiger partial charge in [-0.15, -0.1) is 0 Å². The van der Waals surface area contributed by atoms with Gasteiger partial charge >= 0.3 is 6.03 Å². The fraction of sp³-hybridized carbons (Fsp3) is 0.111. The van der Waals surface area contributed by atoms with E-state index < -0.39 is 0 Å². The van der Waals surface area contributed by atoms with E-state index in [1.54, 1.807) is 10.9 Å². The van der Waals surface area contributed by atoms with Crippen molar-refractivity contribution >= 4 is 6.03 Å². The molecule has 0 aliphatic heterocycles. The Morgan fingerprint density at radius 1 is 0.870 bits per heavy atom. The number of aromatic nitrogens is 2. The summed E-state index contributed by atoms with van der Waals surface area (Å²) in [7, 11) is 0. The van der Waals surface area contributed by atoms with Gasteiger partial charge in [0.05, 0.1) is 11.9 Å². The lowest BCUT2D eigenvalue weighted by Gasteiger charge is -2.06. The summed E-state index contributed by atoms with van der Waals surface area (Å²) >= 11 is 0. The van der Waals surface area contributed by atoms with Gasteiger partial charge in [-0.1, -0.05) is 48.5 Å². The molecule has 0 aliphatic rings. The topological polar surface area (TPSA) is 59.0 Å². The maximum atomic E-state index is 11.8. The van der Waals surface area contributed by atoms with Crippen LogP contribution in [-0.4, -0.2) is 15.8 Å². The molecule has 2 aromatic carbocycles. The van der Waals surface area contributed by atoms with Crippen molar-refractivity contribution in [2.75, 3.05) is 0 Å². The van der Waals surface area contributed by atoms with Gasteiger partial charge in [0.1, 0.15) is 0 Å². The van der Waals surface area contributed by atoms with Crippen LogP contribution in [-0.2, 0) is 13.1 Å². The van der Waals surface area contributed by atoms with Crippen LogP contribution in [0.3, 0.4) is 0 Å². The van der Waals surface area contributed by atoms with Gasteiger partial charge in [-0.25, -0.2) is 9.48 Å². The Hall–Kier alpha value is -3.08. The lowest BCUT2D eigenvalue weighted by atomic mass is 10.2. The molecule has 1 aromatic heterocycles. The third-order valence-electron chi connectivity index (χ3n) is 3.41. The number of hydrogen-bond donors (Lipinski definition) is 2. The van der Waals surface area contributed by atoms with Crippen LogP contribution in [0.25, 0.3) is 5.69 Å². The Bertz CT molecular complexity index is 753. The van der Waals surface area contributed by atoms with E-state index >= 15 is 0 Å². The van der Waals surface area contributed by atoms with Gasteiger partial charge < -0.3 is 10.6 Å². The maximum absolute atomic E-state index is 11.8. The van der Waals surface area contributed by atoms with E-state index in [1.807, 2.05) is 66.9 Å². The van der Waals surface area contributed by atoms with Crippen LogP contribution in [0.1, 0.15) is 11.1 Å². The summed E-state index contributed by atoms with van der Waals surface area (Å²) < 4.78 is 1.79. The summed E-state index contributed by atoms with van der Waals surface area (Å²) in [5, 5.41) is 9.96. The number of nitrogens with zero attached hydrogens (tertiary/aromatic N) is 2. The largest absolute Gasteiger partial charge is 0.334 e. The van der Waals surface area contributed by atoms with Crippen LogP contribution in [0.4, 0.5) is 4.79 Å². The van der Waals surface area contributed by atoms with Crippen LogP contribution in [0, 0.1) is 0 Å². The zero-order chi connectivity index (χ0) is 15.9.